The second kappa shape index (κ2) is 6.34. The summed E-state index contributed by atoms with van der Waals surface area (Å²) in [7, 11) is 2.72. The SMILES string of the molecule is COC(=O)C1=C(C23C4C5C2C2C3C4C52C(=O)OC)NC(c2nccs2)=N[C@@H]1c1ccc(F)c(F)c1Cl. The van der Waals surface area contributed by atoms with Gasteiger partial charge in [0.05, 0.1) is 30.2 Å². The van der Waals surface area contributed by atoms with Crippen molar-refractivity contribution in [2.24, 2.45) is 51.3 Å². The highest BCUT2D eigenvalue weighted by Gasteiger charge is 3.12. The fourth-order valence-corrected chi connectivity index (χ4v) is 10.1. The van der Waals surface area contributed by atoms with E-state index < -0.39 is 28.7 Å². The number of halogens is 3. The molecule has 1 atom stereocenters. The zero-order valence-electron chi connectivity index (χ0n) is 18.9. The molecule has 11 heteroatoms. The van der Waals surface area contributed by atoms with Crippen LogP contribution in [0.15, 0.2) is 40.0 Å². The van der Waals surface area contributed by atoms with Gasteiger partial charge in [0.15, 0.2) is 22.5 Å². The molecule has 7 nitrogen and oxygen atoms in total. The molecule has 2 aromatic rings. The first-order valence-corrected chi connectivity index (χ1v) is 12.9. The maximum Gasteiger partial charge on any atom is 0.338 e. The fourth-order valence-electron chi connectivity index (χ4n) is 9.25. The number of hydrogen-bond acceptors (Lipinski definition) is 8. The molecule has 0 spiro atoms. The third-order valence-electron chi connectivity index (χ3n) is 10.0. The Balaban J connectivity index is 1.29. The molecule has 1 aromatic carbocycles. The molecule has 9 rings (SSSR count). The molecule has 6 fully saturated rings. The van der Waals surface area contributed by atoms with Crippen molar-refractivity contribution in [1.82, 2.24) is 10.3 Å². The van der Waals surface area contributed by atoms with Gasteiger partial charge in [-0.3, -0.25) is 9.79 Å². The van der Waals surface area contributed by atoms with Gasteiger partial charge in [-0.2, -0.15) is 0 Å². The number of carbonyl (C=O) groups excluding carboxylic acids is 2. The van der Waals surface area contributed by atoms with Crippen LogP contribution in [0.2, 0.25) is 5.02 Å². The lowest BCUT2D eigenvalue weighted by molar-refractivity contribution is -0.633. The van der Waals surface area contributed by atoms with E-state index in [2.05, 4.69) is 10.3 Å². The van der Waals surface area contributed by atoms with Crippen LogP contribution in [-0.4, -0.2) is 37.0 Å². The summed E-state index contributed by atoms with van der Waals surface area (Å²) in [5.41, 5.74) is 0.482. The number of thiazole rings is 1. The van der Waals surface area contributed by atoms with Crippen LogP contribution >= 0.6 is 22.9 Å². The first-order chi connectivity index (χ1) is 17.4. The zero-order valence-corrected chi connectivity index (χ0v) is 20.5. The van der Waals surface area contributed by atoms with Crippen molar-refractivity contribution >= 4 is 40.7 Å². The summed E-state index contributed by atoms with van der Waals surface area (Å²) >= 11 is 7.64. The number of esters is 2. The van der Waals surface area contributed by atoms with Crippen LogP contribution in [0.5, 0.6) is 0 Å². The number of ether oxygens (including phenoxy) is 2. The summed E-state index contributed by atoms with van der Waals surface area (Å²) in [6.45, 7) is 0. The standard InChI is InChI=1S/C25H18ClF2N3O4S/c1-34-22(32)9-18(7-3-4-8(27)17(28)16(7)26)30-20(21-29-5-6-36-21)31-19(9)24-10-13-11(24)15-12(24)14(10)25(13,15)23(33)35-2/h3-6,10-15,18H,1-2H3,(H,30,31)/t10?,11?,12?,13?,14?,15?,18-,24?,25?/m1/s1. The number of nitrogens with one attached hydrogen (secondary N) is 1. The Morgan fingerprint density at radius 3 is 2.36 bits per heavy atom. The number of nitrogens with zero attached hydrogens (tertiary/aromatic N) is 2. The molecule has 6 saturated carbocycles. The summed E-state index contributed by atoms with van der Waals surface area (Å²) in [6, 6.07) is 1.33. The largest absolute Gasteiger partial charge is 0.469 e. The Kier molecular flexibility index (Phi) is 3.74. The van der Waals surface area contributed by atoms with Crippen LogP contribution in [0.25, 0.3) is 0 Å². The lowest BCUT2D eigenvalue weighted by Crippen LogP contribution is -3.11. The fraction of sp³-hybridized carbons (Fsp3) is 0.440. The minimum Gasteiger partial charge on any atom is -0.469 e. The number of aromatic nitrogens is 1. The monoisotopic (exact) mass is 529 g/mol. The van der Waals surface area contributed by atoms with Crippen molar-refractivity contribution < 1.29 is 27.8 Å². The van der Waals surface area contributed by atoms with E-state index in [0.717, 1.165) is 6.07 Å². The first-order valence-electron chi connectivity index (χ1n) is 11.7. The molecule has 184 valence electrons. The number of methoxy groups -OCH3 is 2. The van der Waals surface area contributed by atoms with Crippen LogP contribution in [0.3, 0.4) is 0 Å². The van der Waals surface area contributed by atoms with Gasteiger partial charge in [0, 0.05) is 28.3 Å². The zero-order chi connectivity index (χ0) is 24.9. The average molecular weight is 530 g/mol. The van der Waals surface area contributed by atoms with Crippen molar-refractivity contribution in [3.05, 3.63) is 62.2 Å². The number of rotatable bonds is 5. The number of carbonyl (C=O) groups is 2. The van der Waals surface area contributed by atoms with Crippen molar-refractivity contribution in [3.8, 4) is 0 Å². The van der Waals surface area contributed by atoms with Crippen molar-refractivity contribution in [2.45, 2.75) is 6.04 Å². The Morgan fingerprint density at radius 1 is 1.08 bits per heavy atom. The number of aliphatic imine (C=N–C) groups is 1. The van der Waals surface area contributed by atoms with Crippen molar-refractivity contribution in [1.29, 1.82) is 0 Å². The number of benzene rings is 1. The van der Waals surface area contributed by atoms with Crippen LogP contribution in [0.4, 0.5) is 8.78 Å². The van der Waals surface area contributed by atoms with Gasteiger partial charge in [0.1, 0.15) is 6.04 Å². The van der Waals surface area contributed by atoms with E-state index in [-0.39, 0.29) is 63.4 Å². The molecule has 1 N–H and O–H groups in total. The second-order valence-corrected chi connectivity index (χ2v) is 11.7. The predicted octanol–water partition coefficient (Wildman–Crippen LogP) is 3.50. The molecular formula is C25H18ClF2N3O4S. The van der Waals surface area contributed by atoms with E-state index in [4.69, 9.17) is 26.1 Å². The first kappa shape index (κ1) is 21.3. The Hall–Kier alpha value is -2.85. The molecule has 1 aromatic heterocycles. The van der Waals surface area contributed by atoms with E-state index in [1.807, 2.05) is 5.38 Å². The predicted molar refractivity (Wildman–Crippen MR) is 123 cm³/mol. The van der Waals surface area contributed by atoms with E-state index in [1.54, 1.807) is 6.20 Å². The third-order valence-corrected chi connectivity index (χ3v) is 11.2. The smallest absolute Gasteiger partial charge is 0.338 e. The van der Waals surface area contributed by atoms with Gasteiger partial charge in [0.25, 0.3) is 0 Å². The van der Waals surface area contributed by atoms with Crippen LogP contribution in [-0.2, 0) is 19.1 Å². The number of hydrogen-bond donors (Lipinski definition) is 1. The van der Waals surface area contributed by atoms with Gasteiger partial charge in [0.2, 0.25) is 0 Å². The number of amidine groups is 1. The highest BCUT2D eigenvalue weighted by Crippen LogP contribution is 3.11. The third kappa shape index (κ3) is 1.81. The molecule has 2 heterocycles. The minimum absolute atomic E-state index is 0.116. The van der Waals surface area contributed by atoms with Gasteiger partial charge in [-0.1, -0.05) is 17.7 Å². The van der Waals surface area contributed by atoms with E-state index in [9.17, 15) is 18.4 Å². The van der Waals surface area contributed by atoms with E-state index >= 15 is 0 Å². The van der Waals surface area contributed by atoms with Crippen molar-refractivity contribution in [3.63, 3.8) is 0 Å². The highest BCUT2D eigenvalue weighted by molar-refractivity contribution is 7.11. The Bertz CT molecular complexity index is 1430. The maximum absolute atomic E-state index is 14.5. The topological polar surface area (TPSA) is 89.9 Å². The lowest BCUT2D eigenvalue weighted by atomic mass is 8.92. The van der Waals surface area contributed by atoms with E-state index in [1.165, 1.54) is 31.6 Å². The maximum atomic E-state index is 14.5. The molecule has 0 saturated heterocycles. The highest BCUT2D eigenvalue weighted by atomic mass is 35.5. The van der Waals surface area contributed by atoms with Gasteiger partial charge < -0.3 is 14.8 Å². The Labute approximate surface area is 212 Å². The van der Waals surface area contributed by atoms with E-state index in [0.29, 0.717) is 16.5 Å². The Morgan fingerprint density at radius 2 is 1.78 bits per heavy atom. The van der Waals surface area contributed by atoms with Gasteiger partial charge in [-0.15, -0.1) is 11.3 Å². The molecule has 6 aliphatic carbocycles. The van der Waals surface area contributed by atoms with Crippen LogP contribution in [0, 0.1) is 58.0 Å². The summed E-state index contributed by atoms with van der Waals surface area (Å²) in [5.74, 6) is -1.02. The molecule has 36 heavy (non-hydrogen) atoms. The molecule has 7 aliphatic rings. The summed E-state index contributed by atoms with van der Waals surface area (Å²) in [6.07, 6.45) is 1.65. The quantitative estimate of drug-likeness (QED) is 0.471. The summed E-state index contributed by atoms with van der Waals surface area (Å²) in [4.78, 5) is 35.0. The molecule has 1 aliphatic heterocycles. The summed E-state index contributed by atoms with van der Waals surface area (Å²) < 4.78 is 38.8. The lowest BCUT2D eigenvalue weighted by Gasteiger charge is -3.10. The average Bonchev–Trinajstić information content (AvgIpc) is 3.45. The molecule has 0 bridgehead atoms. The molecule has 0 amide bonds. The summed E-state index contributed by atoms with van der Waals surface area (Å²) in [5, 5.41) is 5.39. The number of allylic oxidation sites excluding steroid dienone is 1. The van der Waals surface area contributed by atoms with Gasteiger partial charge in [-0.05, 0) is 41.6 Å². The van der Waals surface area contributed by atoms with Crippen molar-refractivity contribution in [2.75, 3.05) is 14.2 Å². The second-order valence-electron chi connectivity index (χ2n) is 10.4. The van der Waals surface area contributed by atoms with Gasteiger partial charge >= 0.3 is 11.9 Å². The molecule has 0 unspecified atom stereocenters. The minimum atomic E-state index is -1.19. The van der Waals surface area contributed by atoms with Crippen LogP contribution < -0.4 is 5.32 Å². The molecule has 0 radical (unpaired) electrons. The molecular weight excluding hydrogens is 512 g/mol. The normalized spacial score (nSPS) is 41.4. The van der Waals surface area contributed by atoms with Crippen LogP contribution in [0.1, 0.15) is 16.6 Å². The van der Waals surface area contributed by atoms with Gasteiger partial charge in [-0.25, -0.2) is 18.6 Å².